The first-order valence-electron chi connectivity index (χ1n) is 7.65. The molecular weight excluding hydrogens is 274 g/mol. The van der Waals surface area contributed by atoms with Crippen LogP contribution in [0.25, 0.3) is 0 Å². The van der Waals surface area contributed by atoms with E-state index in [1.54, 1.807) is 12.1 Å². The minimum Gasteiger partial charge on any atom is -0.508 e. The largest absolute Gasteiger partial charge is 0.508 e. The standard InChI is InChI=1S/C19H21NO2/c1-19(16-7-3-2-4-8-16)14-17(20-22-19)9-5-6-15-10-12-18(21)13-11-15/h2-4,7-8,10-14,20-21H,5-6,9H2,1H3. The third-order valence-electron chi connectivity index (χ3n) is 4.04. The maximum Gasteiger partial charge on any atom is 0.138 e. The topological polar surface area (TPSA) is 41.5 Å². The Morgan fingerprint density at radius 1 is 1.00 bits per heavy atom. The zero-order chi connectivity index (χ0) is 15.4. The van der Waals surface area contributed by atoms with Gasteiger partial charge in [-0.3, -0.25) is 10.3 Å². The van der Waals surface area contributed by atoms with E-state index in [2.05, 4.69) is 30.6 Å². The fraction of sp³-hybridized carbons (Fsp3) is 0.263. The number of allylic oxidation sites excluding steroid dienone is 1. The molecule has 114 valence electrons. The molecule has 3 rings (SSSR count). The van der Waals surface area contributed by atoms with Crippen LogP contribution < -0.4 is 5.48 Å². The van der Waals surface area contributed by atoms with E-state index in [1.165, 1.54) is 5.56 Å². The number of hydrogen-bond donors (Lipinski definition) is 2. The van der Waals surface area contributed by atoms with Crippen LogP contribution in [-0.4, -0.2) is 5.11 Å². The second-order valence-electron chi connectivity index (χ2n) is 5.87. The molecule has 1 heterocycles. The molecule has 0 amide bonds. The first-order chi connectivity index (χ1) is 10.7. The normalized spacial score (nSPS) is 20.5. The summed E-state index contributed by atoms with van der Waals surface area (Å²) in [7, 11) is 0. The number of nitrogens with one attached hydrogen (secondary N) is 1. The van der Waals surface area contributed by atoms with Crippen molar-refractivity contribution < 1.29 is 9.94 Å². The van der Waals surface area contributed by atoms with Crippen molar-refractivity contribution in [1.82, 2.24) is 5.48 Å². The lowest BCUT2D eigenvalue weighted by Gasteiger charge is -2.20. The van der Waals surface area contributed by atoms with Crippen molar-refractivity contribution >= 4 is 0 Å². The summed E-state index contributed by atoms with van der Waals surface area (Å²) in [5.41, 5.74) is 6.19. The van der Waals surface area contributed by atoms with Crippen LogP contribution in [0.5, 0.6) is 5.75 Å². The summed E-state index contributed by atoms with van der Waals surface area (Å²) < 4.78 is 0. The molecule has 1 atom stereocenters. The number of benzene rings is 2. The van der Waals surface area contributed by atoms with Crippen molar-refractivity contribution in [3.63, 3.8) is 0 Å². The Hall–Kier alpha value is -2.26. The van der Waals surface area contributed by atoms with Crippen LogP contribution in [0.1, 0.15) is 30.9 Å². The zero-order valence-corrected chi connectivity index (χ0v) is 12.8. The molecular formula is C19H21NO2. The molecule has 0 radical (unpaired) electrons. The number of phenols is 1. The van der Waals surface area contributed by atoms with Gasteiger partial charge < -0.3 is 5.11 Å². The predicted octanol–water partition coefficient (Wildman–Crippen LogP) is 4.05. The fourth-order valence-electron chi connectivity index (χ4n) is 2.74. The average molecular weight is 295 g/mol. The minimum atomic E-state index is -0.394. The summed E-state index contributed by atoms with van der Waals surface area (Å²) in [5, 5.41) is 9.28. The first-order valence-corrected chi connectivity index (χ1v) is 7.65. The summed E-state index contributed by atoms with van der Waals surface area (Å²) >= 11 is 0. The van der Waals surface area contributed by atoms with Gasteiger partial charge in [-0.2, -0.15) is 0 Å². The van der Waals surface area contributed by atoms with Gasteiger partial charge in [-0.15, -0.1) is 0 Å². The number of aryl methyl sites for hydroxylation is 1. The molecule has 0 fully saturated rings. The van der Waals surface area contributed by atoms with Gasteiger partial charge in [0.1, 0.15) is 11.4 Å². The van der Waals surface area contributed by atoms with E-state index >= 15 is 0 Å². The van der Waals surface area contributed by atoms with Gasteiger partial charge in [-0.25, -0.2) is 0 Å². The monoisotopic (exact) mass is 295 g/mol. The Balaban J connectivity index is 1.57. The Bertz CT molecular complexity index is 649. The number of hydrogen-bond acceptors (Lipinski definition) is 3. The molecule has 1 unspecified atom stereocenters. The molecule has 0 aromatic heterocycles. The van der Waals surface area contributed by atoms with Gasteiger partial charge in [0.2, 0.25) is 0 Å². The van der Waals surface area contributed by atoms with Gasteiger partial charge in [-0.1, -0.05) is 42.5 Å². The molecule has 2 aromatic carbocycles. The molecule has 3 heteroatoms. The zero-order valence-electron chi connectivity index (χ0n) is 12.8. The highest BCUT2D eigenvalue weighted by Crippen LogP contribution is 2.32. The lowest BCUT2D eigenvalue weighted by Crippen LogP contribution is -2.22. The summed E-state index contributed by atoms with van der Waals surface area (Å²) in [6, 6.07) is 17.6. The molecule has 22 heavy (non-hydrogen) atoms. The van der Waals surface area contributed by atoms with Gasteiger partial charge in [0.25, 0.3) is 0 Å². The SMILES string of the molecule is CC1(c2ccccc2)C=C(CCCc2ccc(O)cc2)NO1. The predicted molar refractivity (Wildman–Crippen MR) is 87.1 cm³/mol. The summed E-state index contributed by atoms with van der Waals surface area (Å²) in [6.45, 7) is 2.07. The fourth-order valence-corrected chi connectivity index (χ4v) is 2.74. The molecule has 2 N–H and O–H groups in total. The second kappa shape index (κ2) is 6.24. The van der Waals surface area contributed by atoms with Crippen molar-refractivity contribution in [2.45, 2.75) is 31.8 Å². The van der Waals surface area contributed by atoms with Gasteiger partial charge in [0.15, 0.2) is 0 Å². The third kappa shape index (κ3) is 3.31. The Labute approximate surface area is 131 Å². The molecule has 0 bridgehead atoms. The van der Waals surface area contributed by atoms with Crippen molar-refractivity contribution in [3.8, 4) is 5.75 Å². The van der Waals surface area contributed by atoms with Crippen LogP contribution in [0, 0.1) is 0 Å². The highest BCUT2D eigenvalue weighted by atomic mass is 16.7. The molecule has 0 saturated carbocycles. The van der Waals surface area contributed by atoms with Gasteiger partial charge in [0.05, 0.1) is 0 Å². The molecule has 1 aliphatic rings. The minimum absolute atomic E-state index is 0.316. The number of hydroxylamine groups is 1. The third-order valence-corrected chi connectivity index (χ3v) is 4.04. The van der Waals surface area contributed by atoms with Crippen LogP contribution in [0.4, 0.5) is 0 Å². The molecule has 0 aliphatic carbocycles. The van der Waals surface area contributed by atoms with E-state index < -0.39 is 5.60 Å². The molecule has 2 aromatic rings. The average Bonchev–Trinajstić information content (AvgIpc) is 2.93. The maximum atomic E-state index is 9.28. The Morgan fingerprint density at radius 2 is 1.73 bits per heavy atom. The van der Waals surface area contributed by atoms with E-state index in [0.29, 0.717) is 5.75 Å². The van der Waals surface area contributed by atoms with Crippen molar-refractivity contribution in [2.75, 3.05) is 0 Å². The van der Waals surface area contributed by atoms with Gasteiger partial charge in [-0.05, 0) is 55.5 Å². The quantitative estimate of drug-likeness (QED) is 0.874. The highest BCUT2D eigenvalue weighted by molar-refractivity contribution is 5.30. The second-order valence-corrected chi connectivity index (χ2v) is 5.87. The van der Waals surface area contributed by atoms with Crippen molar-refractivity contribution in [1.29, 1.82) is 0 Å². The Kier molecular flexibility index (Phi) is 4.16. The molecule has 3 nitrogen and oxygen atoms in total. The molecule has 0 saturated heterocycles. The number of rotatable bonds is 5. The summed E-state index contributed by atoms with van der Waals surface area (Å²) in [5.74, 6) is 0.316. The first kappa shape index (κ1) is 14.7. The van der Waals surface area contributed by atoms with E-state index in [9.17, 15) is 5.11 Å². The van der Waals surface area contributed by atoms with Crippen LogP contribution >= 0.6 is 0 Å². The van der Waals surface area contributed by atoms with E-state index in [4.69, 9.17) is 4.84 Å². The van der Waals surface area contributed by atoms with Gasteiger partial charge >= 0.3 is 0 Å². The molecule has 0 spiro atoms. The van der Waals surface area contributed by atoms with E-state index in [0.717, 1.165) is 30.5 Å². The lowest BCUT2D eigenvalue weighted by atomic mass is 9.95. The van der Waals surface area contributed by atoms with Crippen LogP contribution in [0.2, 0.25) is 0 Å². The van der Waals surface area contributed by atoms with E-state index in [-0.39, 0.29) is 0 Å². The van der Waals surface area contributed by atoms with Crippen molar-refractivity contribution in [3.05, 3.63) is 77.5 Å². The number of phenolic OH excluding ortho intramolecular Hbond substituents is 1. The van der Waals surface area contributed by atoms with Gasteiger partial charge in [0, 0.05) is 5.70 Å². The van der Waals surface area contributed by atoms with Crippen LogP contribution in [0.15, 0.2) is 66.4 Å². The maximum absolute atomic E-state index is 9.28. The summed E-state index contributed by atoms with van der Waals surface area (Å²) in [4.78, 5) is 5.78. The van der Waals surface area contributed by atoms with Crippen LogP contribution in [0.3, 0.4) is 0 Å². The van der Waals surface area contributed by atoms with E-state index in [1.807, 2.05) is 30.3 Å². The Morgan fingerprint density at radius 3 is 2.45 bits per heavy atom. The molecule has 1 aliphatic heterocycles. The smallest absolute Gasteiger partial charge is 0.138 e. The number of aromatic hydroxyl groups is 1. The summed E-state index contributed by atoms with van der Waals surface area (Å²) in [6.07, 6.45) is 5.14. The van der Waals surface area contributed by atoms with Crippen LogP contribution in [-0.2, 0) is 16.9 Å². The lowest BCUT2D eigenvalue weighted by molar-refractivity contribution is -0.0322. The van der Waals surface area contributed by atoms with Crippen molar-refractivity contribution in [2.24, 2.45) is 0 Å². The highest BCUT2D eigenvalue weighted by Gasteiger charge is 2.31.